The lowest BCUT2D eigenvalue weighted by Gasteiger charge is -2.24. The smallest absolute Gasteiger partial charge is 0.159 e. The second-order valence-electron chi connectivity index (χ2n) is 16.7. The fourth-order valence-corrected chi connectivity index (χ4v) is 8.75. The summed E-state index contributed by atoms with van der Waals surface area (Å²) in [6.07, 6.45) is -0.273. The van der Waals surface area contributed by atoms with Gasteiger partial charge in [0.25, 0.3) is 0 Å². The monoisotopic (exact) mass is 828 g/mol. The molecule has 1 aliphatic heterocycles. The van der Waals surface area contributed by atoms with Gasteiger partial charge in [-0.15, -0.1) is 0 Å². The highest BCUT2D eigenvalue weighted by Gasteiger charge is 2.36. The fraction of sp³-hybridized carbons (Fsp3) is 0.103. The minimum atomic E-state index is -0.273. The largest absolute Gasteiger partial charge is 0.373 e. The molecule has 0 amide bonds. The number of aliphatic imine (C=N–C) groups is 4. The van der Waals surface area contributed by atoms with Crippen LogP contribution < -0.4 is 10.6 Å². The average Bonchev–Trinajstić information content (AvgIpc) is 3.59. The van der Waals surface area contributed by atoms with Crippen molar-refractivity contribution in [3.8, 4) is 33.4 Å². The van der Waals surface area contributed by atoms with Gasteiger partial charge in [-0.2, -0.15) is 0 Å². The van der Waals surface area contributed by atoms with Crippen LogP contribution in [0.3, 0.4) is 0 Å². The molecule has 2 aliphatic rings. The van der Waals surface area contributed by atoms with Gasteiger partial charge in [0, 0.05) is 34.7 Å². The van der Waals surface area contributed by atoms with Crippen LogP contribution >= 0.6 is 0 Å². The summed E-state index contributed by atoms with van der Waals surface area (Å²) in [7, 11) is 1.90. The van der Waals surface area contributed by atoms with E-state index in [4.69, 9.17) is 20.0 Å². The predicted molar refractivity (Wildman–Crippen MR) is 265 cm³/mol. The van der Waals surface area contributed by atoms with E-state index in [1.807, 2.05) is 79.8 Å². The van der Waals surface area contributed by atoms with E-state index < -0.39 is 0 Å². The summed E-state index contributed by atoms with van der Waals surface area (Å²) < 4.78 is 0. The molecule has 0 bridgehead atoms. The van der Waals surface area contributed by atoms with Crippen LogP contribution in [-0.2, 0) is 12.0 Å². The van der Waals surface area contributed by atoms with Crippen molar-refractivity contribution in [2.24, 2.45) is 20.0 Å². The van der Waals surface area contributed by atoms with Crippen molar-refractivity contribution >= 4 is 23.3 Å². The quantitative estimate of drug-likeness (QED) is 0.112. The van der Waals surface area contributed by atoms with Crippen molar-refractivity contribution in [3.05, 3.63) is 251 Å². The van der Waals surface area contributed by atoms with E-state index in [0.29, 0.717) is 12.4 Å². The first kappa shape index (κ1) is 40.1. The summed E-state index contributed by atoms with van der Waals surface area (Å²) in [5.74, 6) is 2.99. The van der Waals surface area contributed by atoms with Gasteiger partial charge in [-0.1, -0.05) is 208 Å². The Morgan fingerprint density at radius 2 is 1.06 bits per heavy atom. The molecule has 8 aromatic carbocycles. The van der Waals surface area contributed by atoms with Crippen molar-refractivity contribution in [2.45, 2.75) is 32.0 Å². The zero-order valence-electron chi connectivity index (χ0n) is 36.2. The van der Waals surface area contributed by atoms with Crippen LogP contribution in [0.5, 0.6) is 0 Å². The van der Waals surface area contributed by atoms with Gasteiger partial charge in [0.15, 0.2) is 11.7 Å². The van der Waals surface area contributed by atoms with Gasteiger partial charge in [-0.3, -0.25) is 4.99 Å². The molecule has 6 nitrogen and oxygen atoms in total. The summed E-state index contributed by atoms with van der Waals surface area (Å²) in [6.45, 7) is 5.23. The van der Waals surface area contributed by atoms with Crippen LogP contribution in [0.25, 0.3) is 33.4 Å². The van der Waals surface area contributed by atoms with Crippen LogP contribution in [0.4, 0.5) is 0 Å². The summed E-state index contributed by atoms with van der Waals surface area (Å²) >= 11 is 0. The molecule has 0 radical (unpaired) electrons. The summed E-state index contributed by atoms with van der Waals surface area (Å²) in [4.78, 5) is 20.1. The SMILES string of the molecule is CN/C(=N\C(=N/Cc1ccccc1)c1ccc(-c2ccc3c(c2)C(C)(C)c2cc(-c4ccc(C5N=C(c6ccccc6)N=C(c6ccccc6)N5)cc4)ccc2-3)cc1)c1ccccc1. The second-order valence-corrected chi connectivity index (χ2v) is 16.7. The average molecular weight is 829 g/mol. The van der Waals surface area contributed by atoms with Gasteiger partial charge in [0.2, 0.25) is 0 Å². The standard InChI is InChI=1S/C58H48N6/c1-58(2)51-36-47(40-24-28-45(29-25-40)54(60-38-39-16-8-4-9-17-39)61-53(59-3)42-18-10-5-11-19-42)32-34-49(51)50-35-33-48(37-52(50)58)41-26-30-46(31-27-41)57-63-55(43-20-12-6-13-21-43)62-56(64-57)44-22-14-7-15-23-44/h4-37,57H,38H2,1-3H3,(H,59,60,61)(H,62,63,64). The maximum absolute atomic E-state index is 5.08. The maximum atomic E-state index is 5.08. The number of amidine groups is 4. The van der Waals surface area contributed by atoms with Gasteiger partial charge in [-0.25, -0.2) is 15.0 Å². The van der Waals surface area contributed by atoms with E-state index in [0.717, 1.165) is 56.5 Å². The minimum Gasteiger partial charge on any atom is -0.373 e. The lowest BCUT2D eigenvalue weighted by molar-refractivity contribution is 0.661. The molecule has 1 atom stereocenters. The topological polar surface area (TPSA) is 73.5 Å². The number of hydrogen-bond donors (Lipinski definition) is 2. The first-order valence-corrected chi connectivity index (χ1v) is 21.9. The van der Waals surface area contributed by atoms with E-state index in [1.54, 1.807) is 0 Å². The Hall–Kier alpha value is -7.96. The van der Waals surface area contributed by atoms with E-state index in [2.05, 4.69) is 158 Å². The van der Waals surface area contributed by atoms with Gasteiger partial charge in [0.05, 0.1) is 6.54 Å². The van der Waals surface area contributed by atoms with Crippen molar-refractivity contribution < 1.29 is 0 Å². The molecular formula is C58H48N6. The highest BCUT2D eigenvalue weighted by atomic mass is 15.2. The van der Waals surface area contributed by atoms with E-state index in [9.17, 15) is 0 Å². The van der Waals surface area contributed by atoms with Crippen LogP contribution in [0, 0.1) is 0 Å². The molecule has 1 aliphatic carbocycles. The predicted octanol–water partition coefficient (Wildman–Crippen LogP) is 12.4. The zero-order valence-corrected chi connectivity index (χ0v) is 36.2. The Morgan fingerprint density at radius 3 is 1.64 bits per heavy atom. The number of hydrogen-bond acceptors (Lipinski definition) is 4. The molecule has 2 N–H and O–H groups in total. The summed E-state index contributed by atoms with van der Waals surface area (Å²) in [5.41, 5.74) is 16.0. The molecule has 0 saturated heterocycles. The van der Waals surface area contributed by atoms with Crippen molar-refractivity contribution in [1.82, 2.24) is 10.6 Å². The maximum Gasteiger partial charge on any atom is 0.159 e. The van der Waals surface area contributed by atoms with Gasteiger partial charge < -0.3 is 10.6 Å². The van der Waals surface area contributed by atoms with Gasteiger partial charge in [0.1, 0.15) is 17.8 Å². The van der Waals surface area contributed by atoms with E-state index in [1.165, 1.54) is 38.9 Å². The fourth-order valence-electron chi connectivity index (χ4n) is 8.75. The van der Waals surface area contributed by atoms with E-state index in [-0.39, 0.29) is 11.6 Å². The van der Waals surface area contributed by atoms with Crippen LogP contribution in [0.15, 0.2) is 226 Å². The third kappa shape index (κ3) is 8.10. The first-order valence-electron chi connectivity index (χ1n) is 21.9. The molecule has 8 aromatic rings. The molecule has 1 unspecified atom stereocenters. The molecule has 1 heterocycles. The number of nitrogens with zero attached hydrogens (tertiary/aromatic N) is 4. The number of fused-ring (bicyclic) bond motifs is 3. The molecule has 6 heteroatoms. The molecule has 10 rings (SSSR count). The molecule has 310 valence electrons. The molecule has 0 spiro atoms. The first-order chi connectivity index (χ1) is 31.4. The third-order valence-electron chi connectivity index (χ3n) is 12.3. The highest BCUT2D eigenvalue weighted by molar-refractivity contribution is 6.13. The minimum absolute atomic E-state index is 0.189. The number of rotatable bonds is 9. The Bertz CT molecular complexity index is 3060. The van der Waals surface area contributed by atoms with E-state index >= 15 is 0 Å². The molecule has 0 saturated carbocycles. The molecule has 0 aromatic heterocycles. The highest BCUT2D eigenvalue weighted by Crippen LogP contribution is 2.50. The number of benzene rings is 8. The second kappa shape index (κ2) is 17.4. The van der Waals surface area contributed by atoms with Gasteiger partial charge in [-0.05, 0) is 67.8 Å². The summed E-state index contributed by atoms with van der Waals surface area (Å²) in [6, 6.07) is 72.3. The van der Waals surface area contributed by atoms with Crippen molar-refractivity contribution in [1.29, 1.82) is 0 Å². The van der Waals surface area contributed by atoms with Crippen LogP contribution in [0.1, 0.15) is 64.5 Å². The van der Waals surface area contributed by atoms with Crippen LogP contribution in [-0.4, -0.2) is 30.4 Å². The van der Waals surface area contributed by atoms with Crippen molar-refractivity contribution in [3.63, 3.8) is 0 Å². The molecule has 0 fully saturated rings. The normalized spacial score (nSPS) is 15.3. The summed E-state index contributed by atoms with van der Waals surface area (Å²) in [5, 5.41) is 6.89. The number of nitrogens with one attached hydrogen (secondary N) is 2. The Labute approximate surface area is 375 Å². The van der Waals surface area contributed by atoms with Gasteiger partial charge >= 0.3 is 0 Å². The Kier molecular flexibility index (Phi) is 10.9. The zero-order chi connectivity index (χ0) is 43.5. The Morgan fingerprint density at radius 1 is 0.547 bits per heavy atom. The molecule has 64 heavy (non-hydrogen) atoms. The Balaban J connectivity index is 0.905. The third-order valence-corrected chi connectivity index (χ3v) is 12.3. The van der Waals surface area contributed by atoms with Crippen LogP contribution in [0.2, 0.25) is 0 Å². The lowest BCUT2D eigenvalue weighted by Crippen LogP contribution is -2.33. The van der Waals surface area contributed by atoms with Crippen molar-refractivity contribution in [2.75, 3.05) is 7.05 Å². The lowest BCUT2D eigenvalue weighted by atomic mass is 9.81. The molecular weight excluding hydrogens is 781 g/mol.